The Kier molecular flexibility index (Phi) is 3.71. The fourth-order valence-corrected chi connectivity index (χ4v) is 1.14. The molecule has 1 aromatic rings. The summed E-state index contributed by atoms with van der Waals surface area (Å²) in [6.07, 6.45) is 1.64. The van der Waals surface area contributed by atoms with E-state index in [1.54, 1.807) is 13.0 Å². The molecule has 0 radical (unpaired) electrons. The molecule has 1 heterocycles. The maximum absolute atomic E-state index is 11.5. The van der Waals surface area contributed by atoms with Crippen LogP contribution in [0.25, 0.3) is 0 Å². The van der Waals surface area contributed by atoms with Gasteiger partial charge in [0, 0.05) is 23.8 Å². The van der Waals surface area contributed by atoms with Crippen LogP contribution in [0.2, 0.25) is 0 Å². The highest BCUT2D eigenvalue weighted by Crippen LogP contribution is 2.04. The van der Waals surface area contributed by atoms with Crippen molar-refractivity contribution < 1.29 is 4.74 Å². The number of methoxy groups -OCH3 is 1. The van der Waals surface area contributed by atoms with Gasteiger partial charge in [-0.05, 0) is 6.92 Å². The molecule has 0 aliphatic rings. The Morgan fingerprint density at radius 3 is 3.00 bits per heavy atom. The lowest BCUT2D eigenvalue weighted by atomic mass is 10.4. The molecule has 0 atom stereocenters. The van der Waals surface area contributed by atoms with Crippen molar-refractivity contribution >= 4 is 11.6 Å². The molecule has 1 rings (SSSR count). The molecule has 5 heteroatoms. The van der Waals surface area contributed by atoms with Crippen LogP contribution in [0.4, 0.5) is 0 Å². The van der Waals surface area contributed by atoms with E-state index in [9.17, 15) is 4.79 Å². The van der Waals surface area contributed by atoms with Gasteiger partial charge in [0.05, 0.1) is 7.11 Å². The standard InChI is InChI=1S/C9H11ClN2O2/c1-7-6-8(13)12(5-3-4-10)9(11-7)14-2/h3-4,6H,5H2,1-2H3. The SMILES string of the molecule is COc1nc(C)cc(=O)n1CC=CCl. The van der Waals surface area contributed by atoms with E-state index in [0.717, 1.165) is 0 Å². The minimum Gasteiger partial charge on any atom is -0.468 e. The third-order valence-electron chi connectivity index (χ3n) is 1.66. The minimum absolute atomic E-state index is 0.149. The van der Waals surface area contributed by atoms with Crippen molar-refractivity contribution in [3.63, 3.8) is 0 Å². The van der Waals surface area contributed by atoms with Gasteiger partial charge >= 0.3 is 0 Å². The molecule has 1 aromatic heterocycles. The summed E-state index contributed by atoms with van der Waals surface area (Å²) in [5.41, 5.74) is 1.84. The first kappa shape index (κ1) is 10.8. The summed E-state index contributed by atoms with van der Waals surface area (Å²) in [6, 6.07) is 1.75. The molecule has 0 bridgehead atoms. The van der Waals surface area contributed by atoms with Crippen molar-refractivity contribution in [2.45, 2.75) is 13.5 Å². The molecule has 0 saturated heterocycles. The Labute approximate surface area is 86.8 Å². The van der Waals surface area contributed by atoms with Crippen molar-refractivity contribution in [3.05, 3.63) is 33.7 Å². The number of aromatic nitrogens is 2. The molecule has 0 spiro atoms. The van der Waals surface area contributed by atoms with Crippen molar-refractivity contribution in [1.29, 1.82) is 0 Å². The highest BCUT2D eigenvalue weighted by molar-refractivity contribution is 6.25. The minimum atomic E-state index is -0.149. The van der Waals surface area contributed by atoms with Crippen LogP contribution < -0.4 is 10.3 Å². The van der Waals surface area contributed by atoms with Crippen LogP contribution in [0.1, 0.15) is 5.69 Å². The monoisotopic (exact) mass is 214 g/mol. The lowest BCUT2D eigenvalue weighted by molar-refractivity contribution is 0.351. The van der Waals surface area contributed by atoms with Crippen LogP contribution in [0, 0.1) is 6.92 Å². The average molecular weight is 215 g/mol. The molecule has 0 aliphatic heterocycles. The summed E-state index contributed by atoms with van der Waals surface area (Å²) in [7, 11) is 1.47. The maximum Gasteiger partial charge on any atom is 0.299 e. The summed E-state index contributed by atoms with van der Waals surface area (Å²) < 4.78 is 6.37. The molecule has 76 valence electrons. The van der Waals surface area contributed by atoms with E-state index >= 15 is 0 Å². The van der Waals surface area contributed by atoms with Crippen LogP contribution in [0.3, 0.4) is 0 Å². The van der Waals surface area contributed by atoms with Crippen molar-refractivity contribution in [1.82, 2.24) is 9.55 Å². The summed E-state index contributed by atoms with van der Waals surface area (Å²) in [6.45, 7) is 2.10. The topological polar surface area (TPSA) is 44.1 Å². The van der Waals surface area contributed by atoms with Gasteiger partial charge in [-0.1, -0.05) is 17.7 Å². The first-order valence-electron chi connectivity index (χ1n) is 4.06. The molecule has 4 nitrogen and oxygen atoms in total. The lowest BCUT2D eigenvalue weighted by Crippen LogP contribution is -2.22. The zero-order chi connectivity index (χ0) is 10.6. The molecule has 0 fully saturated rings. The summed E-state index contributed by atoms with van der Waals surface area (Å²) >= 11 is 5.37. The Bertz CT molecular complexity index is 398. The fourth-order valence-electron chi connectivity index (χ4n) is 1.06. The third-order valence-corrected chi connectivity index (χ3v) is 1.84. The van der Waals surface area contributed by atoms with E-state index in [0.29, 0.717) is 18.2 Å². The smallest absolute Gasteiger partial charge is 0.299 e. The van der Waals surface area contributed by atoms with E-state index in [1.165, 1.54) is 23.3 Å². The fraction of sp³-hybridized carbons (Fsp3) is 0.333. The molecule has 0 saturated carbocycles. The van der Waals surface area contributed by atoms with Gasteiger partial charge in [0.25, 0.3) is 11.6 Å². The number of ether oxygens (including phenoxy) is 1. The first-order valence-corrected chi connectivity index (χ1v) is 4.50. The first-order chi connectivity index (χ1) is 6.69. The van der Waals surface area contributed by atoms with Crippen LogP contribution >= 0.6 is 11.6 Å². The van der Waals surface area contributed by atoms with Crippen LogP contribution in [-0.4, -0.2) is 16.7 Å². The number of hydrogen-bond acceptors (Lipinski definition) is 3. The second-order valence-electron chi connectivity index (χ2n) is 2.69. The van der Waals surface area contributed by atoms with Gasteiger partial charge < -0.3 is 4.74 Å². The quantitative estimate of drug-likeness (QED) is 0.762. The second kappa shape index (κ2) is 4.81. The van der Waals surface area contributed by atoms with Crippen LogP contribution in [-0.2, 0) is 6.54 Å². The van der Waals surface area contributed by atoms with E-state index in [-0.39, 0.29) is 5.56 Å². The Morgan fingerprint density at radius 1 is 1.71 bits per heavy atom. The molecular formula is C9H11ClN2O2. The van der Waals surface area contributed by atoms with Gasteiger partial charge in [-0.2, -0.15) is 0 Å². The highest BCUT2D eigenvalue weighted by atomic mass is 35.5. The van der Waals surface area contributed by atoms with Crippen molar-refractivity contribution in [3.8, 4) is 6.01 Å². The van der Waals surface area contributed by atoms with E-state index in [4.69, 9.17) is 16.3 Å². The number of hydrogen-bond donors (Lipinski definition) is 0. The number of halogens is 1. The molecule has 0 unspecified atom stereocenters. The van der Waals surface area contributed by atoms with Crippen LogP contribution in [0.5, 0.6) is 6.01 Å². The number of rotatable bonds is 3. The van der Waals surface area contributed by atoms with E-state index < -0.39 is 0 Å². The van der Waals surface area contributed by atoms with Gasteiger partial charge in [-0.3, -0.25) is 9.36 Å². The molecule has 14 heavy (non-hydrogen) atoms. The maximum atomic E-state index is 11.5. The van der Waals surface area contributed by atoms with Gasteiger partial charge in [0.2, 0.25) is 0 Å². The van der Waals surface area contributed by atoms with Gasteiger partial charge in [-0.25, -0.2) is 4.98 Å². The molecule has 0 aliphatic carbocycles. The summed E-state index contributed by atoms with van der Waals surface area (Å²) in [5, 5.41) is 0. The van der Waals surface area contributed by atoms with Gasteiger partial charge in [-0.15, -0.1) is 0 Å². The Hall–Kier alpha value is -1.29. The van der Waals surface area contributed by atoms with Crippen LogP contribution in [0.15, 0.2) is 22.5 Å². The van der Waals surface area contributed by atoms with E-state index in [2.05, 4.69) is 4.98 Å². The number of nitrogens with zero attached hydrogens (tertiary/aromatic N) is 2. The number of allylic oxidation sites excluding steroid dienone is 1. The highest BCUT2D eigenvalue weighted by Gasteiger charge is 2.04. The zero-order valence-corrected chi connectivity index (χ0v) is 8.78. The zero-order valence-electron chi connectivity index (χ0n) is 8.03. The molecule has 0 amide bonds. The third kappa shape index (κ3) is 2.35. The predicted octanol–water partition coefficient (Wildman–Crippen LogP) is 1.31. The predicted molar refractivity (Wildman–Crippen MR) is 54.8 cm³/mol. The number of aryl methyl sites for hydroxylation is 1. The Balaban J connectivity index is 3.18. The normalized spacial score (nSPS) is 10.8. The Morgan fingerprint density at radius 2 is 2.43 bits per heavy atom. The molecule has 0 N–H and O–H groups in total. The van der Waals surface area contributed by atoms with E-state index in [1.807, 2.05) is 0 Å². The van der Waals surface area contributed by atoms with Gasteiger partial charge in [0.15, 0.2) is 0 Å². The summed E-state index contributed by atoms with van der Waals surface area (Å²) in [5.74, 6) is 0. The van der Waals surface area contributed by atoms with Crippen molar-refractivity contribution in [2.75, 3.05) is 7.11 Å². The van der Waals surface area contributed by atoms with Gasteiger partial charge in [0.1, 0.15) is 0 Å². The average Bonchev–Trinajstić information content (AvgIpc) is 2.15. The molecule has 0 aromatic carbocycles. The van der Waals surface area contributed by atoms with Crippen molar-refractivity contribution in [2.24, 2.45) is 0 Å². The second-order valence-corrected chi connectivity index (χ2v) is 2.95. The molecular weight excluding hydrogens is 204 g/mol. The summed E-state index contributed by atoms with van der Waals surface area (Å²) in [4.78, 5) is 15.6. The largest absolute Gasteiger partial charge is 0.468 e. The lowest BCUT2D eigenvalue weighted by Gasteiger charge is -2.07.